The zero-order valence-electron chi connectivity index (χ0n) is 14.2. The van der Waals surface area contributed by atoms with Gasteiger partial charge in [-0.1, -0.05) is 18.2 Å². The number of carbonyl (C=O) groups is 2. The summed E-state index contributed by atoms with van der Waals surface area (Å²) < 4.78 is 10.7. The SMILES string of the molecule is CN(Cc1ccc2c(c1)OCO2)C(=O)C[C@H]1Sc2ccccc2NC1=O. The Bertz CT molecular complexity index is 870. The van der Waals surface area contributed by atoms with Crippen LogP contribution in [0.25, 0.3) is 0 Å². The van der Waals surface area contributed by atoms with E-state index >= 15 is 0 Å². The fraction of sp³-hybridized carbons (Fsp3) is 0.263. The van der Waals surface area contributed by atoms with Crippen LogP contribution in [-0.4, -0.2) is 35.8 Å². The number of nitrogens with zero attached hydrogens (tertiary/aromatic N) is 1. The lowest BCUT2D eigenvalue weighted by atomic mass is 10.1. The van der Waals surface area contributed by atoms with Crippen molar-refractivity contribution in [3.8, 4) is 11.5 Å². The number of hydrogen-bond acceptors (Lipinski definition) is 5. The van der Waals surface area contributed by atoms with Crippen molar-refractivity contribution in [2.75, 3.05) is 19.2 Å². The number of thioether (sulfide) groups is 1. The molecule has 2 heterocycles. The molecule has 0 unspecified atom stereocenters. The van der Waals surface area contributed by atoms with E-state index < -0.39 is 5.25 Å². The van der Waals surface area contributed by atoms with Crippen LogP contribution < -0.4 is 14.8 Å². The third kappa shape index (κ3) is 3.35. The maximum absolute atomic E-state index is 12.6. The number of ether oxygens (including phenoxy) is 2. The molecule has 6 nitrogen and oxygen atoms in total. The summed E-state index contributed by atoms with van der Waals surface area (Å²) in [6.45, 7) is 0.675. The molecule has 1 N–H and O–H groups in total. The zero-order valence-corrected chi connectivity index (χ0v) is 15.0. The van der Waals surface area contributed by atoms with Crippen molar-refractivity contribution in [1.29, 1.82) is 0 Å². The second-order valence-electron chi connectivity index (χ2n) is 6.23. The molecule has 0 spiro atoms. The Kier molecular flexibility index (Phi) is 4.46. The lowest BCUT2D eigenvalue weighted by Crippen LogP contribution is -2.35. The summed E-state index contributed by atoms with van der Waals surface area (Å²) >= 11 is 1.44. The van der Waals surface area contributed by atoms with Gasteiger partial charge >= 0.3 is 0 Å². The minimum Gasteiger partial charge on any atom is -0.454 e. The fourth-order valence-electron chi connectivity index (χ4n) is 2.94. The molecule has 2 aromatic rings. The molecule has 1 atom stereocenters. The summed E-state index contributed by atoms with van der Waals surface area (Å²) in [6, 6.07) is 13.3. The number of para-hydroxylation sites is 1. The molecule has 0 fully saturated rings. The van der Waals surface area contributed by atoms with Gasteiger partial charge in [0.15, 0.2) is 11.5 Å². The topological polar surface area (TPSA) is 67.9 Å². The average Bonchev–Trinajstić information content (AvgIpc) is 3.10. The number of anilines is 1. The van der Waals surface area contributed by atoms with Crippen LogP contribution in [0.2, 0.25) is 0 Å². The van der Waals surface area contributed by atoms with Crippen LogP contribution in [0, 0.1) is 0 Å². The van der Waals surface area contributed by atoms with Gasteiger partial charge < -0.3 is 19.7 Å². The average molecular weight is 370 g/mol. The van der Waals surface area contributed by atoms with Gasteiger partial charge in [0.05, 0.1) is 10.9 Å². The summed E-state index contributed by atoms with van der Waals surface area (Å²) in [5.74, 6) is 1.21. The van der Waals surface area contributed by atoms with Gasteiger partial charge in [-0.25, -0.2) is 0 Å². The van der Waals surface area contributed by atoms with Gasteiger partial charge in [-0.15, -0.1) is 11.8 Å². The minimum absolute atomic E-state index is 0.0744. The van der Waals surface area contributed by atoms with E-state index in [-0.39, 0.29) is 25.0 Å². The molecule has 7 heteroatoms. The van der Waals surface area contributed by atoms with Crippen LogP contribution in [0.4, 0.5) is 5.69 Å². The van der Waals surface area contributed by atoms with Crippen molar-refractivity contribution < 1.29 is 19.1 Å². The molecule has 0 saturated heterocycles. The van der Waals surface area contributed by atoms with E-state index in [4.69, 9.17) is 9.47 Å². The second-order valence-corrected chi connectivity index (χ2v) is 7.48. The first-order valence-electron chi connectivity index (χ1n) is 8.29. The quantitative estimate of drug-likeness (QED) is 0.896. The molecule has 2 aliphatic rings. The smallest absolute Gasteiger partial charge is 0.238 e. The van der Waals surface area contributed by atoms with Gasteiger partial charge in [0.1, 0.15) is 0 Å². The van der Waals surface area contributed by atoms with Crippen LogP contribution in [-0.2, 0) is 16.1 Å². The van der Waals surface area contributed by atoms with E-state index in [1.165, 1.54) is 11.8 Å². The molecule has 2 aliphatic heterocycles. The van der Waals surface area contributed by atoms with Crippen molar-refractivity contribution in [3.63, 3.8) is 0 Å². The second kappa shape index (κ2) is 6.92. The number of fused-ring (bicyclic) bond motifs is 2. The number of hydrogen-bond donors (Lipinski definition) is 1. The van der Waals surface area contributed by atoms with Gasteiger partial charge in [0, 0.05) is 24.9 Å². The van der Waals surface area contributed by atoms with E-state index in [9.17, 15) is 9.59 Å². The zero-order chi connectivity index (χ0) is 18.1. The standard InChI is InChI=1S/C19H18N2O4S/c1-21(10-12-6-7-14-15(8-12)25-11-24-14)18(22)9-17-19(23)20-13-4-2-3-5-16(13)26-17/h2-8,17H,9-11H2,1H3,(H,20,23)/t17-/m1/s1. The highest BCUT2D eigenvalue weighted by molar-refractivity contribution is 8.01. The minimum atomic E-state index is -0.420. The number of benzene rings is 2. The Morgan fingerprint density at radius 1 is 1.23 bits per heavy atom. The molecule has 0 aromatic heterocycles. The van der Waals surface area contributed by atoms with E-state index in [0.29, 0.717) is 12.3 Å². The Morgan fingerprint density at radius 2 is 2.04 bits per heavy atom. The van der Waals surface area contributed by atoms with Gasteiger partial charge in [0.25, 0.3) is 0 Å². The third-order valence-corrected chi connectivity index (χ3v) is 5.62. The molecule has 4 rings (SSSR count). The first-order chi connectivity index (χ1) is 12.6. The summed E-state index contributed by atoms with van der Waals surface area (Å²) in [5.41, 5.74) is 1.76. The number of nitrogens with one attached hydrogen (secondary N) is 1. The summed E-state index contributed by atoms with van der Waals surface area (Å²) in [5, 5.41) is 2.45. The van der Waals surface area contributed by atoms with Gasteiger partial charge in [-0.2, -0.15) is 0 Å². The predicted molar refractivity (Wildman–Crippen MR) is 98.4 cm³/mol. The molecule has 0 radical (unpaired) electrons. The largest absolute Gasteiger partial charge is 0.454 e. The molecule has 0 bridgehead atoms. The van der Waals surface area contributed by atoms with Crippen LogP contribution in [0.15, 0.2) is 47.4 Å². The van der Waals surface area contributed by atoms with Crippen LogP contribution in [0.1, 0.15) is 12.0 Å². The number of amides is 2. The van der Waals surface area contributed by atoms with Crippen molar-refractivity contribution in [2.24, 2.45) is 0 Å². The first-order valence-corrected chi connectivity index (χ1v) is 9.17. The van der Waals surface area contributed by atoms with Crippen molar-refractivity contribution in [2.45, 2.75) is 23.1 Å². The van der Waals surface area contributed by atoms with E-state index in [1.807, 2.05) is 42.5 Å². The van der Waals surface area contributed by atoms with E-state index in [1.54, 1.807) is 11.9 Å². The maximum atomic E-state index is 12.6. The maximum Gasteiger partial charge on any atom is 0.238 e. The molecule has 0 saturated carbocycles. The van der Waals surface area contributed by atoms with Crippen molar-refractivity contribution >= 4 is 29.3 Å². The Labute approximate surface area is 155 Å². The predicted octanol–water partition coefficient (Wildman–Crippen LogP) is 2.88. The summed E-state index contributed by atoms with van der Waals surface area (Å²) in [6.07, 6.45) is 0.159. The molecular formula is C19H18N2O4S. The van der Waals surface area contributed by atoms with Gasteiger partial charge in [0.2, 0.25) is 18.6 Å². The summed E-state index contributed by atoms with van der Waals surface area (Å²) in [4.78, 5) is 27.5. The molecule has 2 aromatic carbocycles. The molecular weight excluding hydrogens is 352 g/mol. The third-order valence-electron chi connectivity index (χ3n) is 4.35. The highest BCUT2D eigenvalue weighted by Crippen LogP contribution is 2.37. The Balaban J connectivity index is 1.39. The molecule has 26 heavy (non-hydrogen) atoms. The fourth-order valence-corrected chi connectivity index (χ4v) is 4.04. The van der Waals surface area contributed by atoms with Crippen molar-refractivity contribution in [1.82, 2.24) is 4.90 Å². The van der Waals surface area contributed by atoms with Crippen LogP contribution in [0.5, 0.6) is 11.5 Å². The van der Waals surface area contributed by atoms with Crippen LogP contribution in [0.3, 0.4) is 0 Å². The van der Waals surface area contributed by atoms with E-state index in [2.05, 4.69) is 5.32 Å². The monoisotopic (exact) mass is 370 g/mol. The first kappa shape index (κ1) is 16.8. The van der Waals surface area contributed by atoms with Gasteiger partial charge in [-0.05, 0) is 29.8 Å². The van der Waals surface area contributed by atoms with Gasteiger partial charge in [-0.3, -0.25) is 9.59 Å². The van der Waals surface area contributed by atoms with E-state index in [0.717, 1.165) is 21.9 Å². The lowest BCUT2D eigenvalue weighted by Gasteiger charge is -2.25. The molecule has 134 valence electrons. The number of carbonyl (C=O) groups excluding carboxylic acids is 2. The normalized spacial score (nSPS) is 17.4. The Hall–Kier alpha value is -2.67. The lowest BCUT2D eigenvalue weighted by molar-refractivity contribution is -0.131. The highest BCUT2D eigenvalue weighted by Gasteiger charge is 2.29. The van der Waals surface area contributed by atoms with Crippen molar-refractivity contribution in [3.05, 3.63) is 48.0 Å². The highest BCUT2D eigenvalue weighted by atomic mass is 32.2. The Morgan fingerprint density at radius 3 is 2.92 bits per heavy atom. The summed E-state index contributed by atoms with van der Waals surface area (Å²) in [7, 11) is 1.74. The molecule has 2 amide bonds. The molecule has 0 aliphatic carbocycles. The number of rotatable bonds is 4. The van der Waals surface area contributed by atoms with Crippen LogP contribution >= 0.6 is 11.8 Å².